The molecule has 0 unspecified atom stereocenters. The smallest absolute Gasteiger partial charge is 0.206 e. The van der Waals surface area contributed by atoms with E-state index in [4.69, 9.17) is 5.11 Å². The molecule has 4 nitrogen and oxygen atoms in total. The molecule has 0 aliphatic rings. The van der Waals surface area contributed by atoms with Crippen molar-refractivity contribution in [2.45, 2.75) is 13.5 Å². The summed E-state index contributed by atoms with van der Waals surface area (Å²) < 4.78 is 14.9. The van der Waals surface area contributed by atoms with Crippen LogP contribution in [0.5, 0.6) is 0 Å². The van der Waals surface area contributed by atoms with Crippen LogP contribution in [-0.2, 0) is 6.61 Å². The number of para-hydroxylation sites is 1. The summed E-state index contributed by atoms with van der Waals surface area (Å²) in [6.45, 7) is 1.19. The van der Waals surface area contributed by atoms with E-state index < -0.39 is 12.4 Å². The third kappa shape index (κ3) is 2.09. The highest BCUT2D eigenvalue weighted by Crippen LogP contribution is 2.12. The first-order chi connectivity index (χ1) is 8.13. The van der Waals surface area contributed by atoms with Crippen molar-refractivity contribution in [3.05, 3.63) is 57.8 Å². The van der Waals surface area contributed by atoms with E-state index in [1.54, 1.807) is 25.1 Å². The van der Waals surface area contributed by atoms with Gasteiger partial charge >= 0.3 is 0 Å². The molecule has 17 heavy (non-hydrogen) atoms. The zero-order valence-electron chi connectivity index (χ0n) is 9.22. The van der Waals surface area contributed by atoms with Gasteiger partial charge in [0, 0.05) is 11.8 Å². The van der Waals surface area contributed by atoms with Crippen LogP contribution in [0.3, 0.4) is 0 Å². The first-order valence-electron chi connectivity index (χ1n) is 5.09. The second kappa shape index (κ2) is 4.47. The quantitative estimate of drug-likeness (QED) is 0.848. The average molecular weight is 234 g/mol. The second-order valence-electron chi connectivity index (χ2n) is 3.62. The van der Waals surface area contributed by atoms with Crippen LogP contribution in [0.25, 0.3) is 5.69 Å². The summed E-state index contributed by atoms with van der Waals surface area (Å²) in [4.78, 5) is 11.4. The zero-order chi connectivity index (χ0) is 12.4. The molecule has 1 N–H and O–H groups in total. The van der Waals surface area contributed by atoms with Crippen LogP contribution < -0.4 is 5.43 Å². The van der Waals surface area contributed by atoms with Gasteiger partial charge in [0.1, 0.15) is 17.2 Å². The normalized spacial score (nSPS) is 10.5. The van der Waals surface area contributed by atoms with Gasteiger partial charge in [0.2, 0.25) is 5.43 Å². The van der Waals surface area contributed by atoms with Crippen molar-refractivity contribution in [2.24, 2.45) is 0 Å². The maximum Gasteiger partial charge on any atom is 0.206 e. The van der Waals surface area contributed by atoms with E-state index in [0.29, 0.717) is 5.69 Å². The lowest BCUT2D eigenvalue weighted by Gasteiger charge is -2.10. The lowest BCUT2D eigenvalue weighted by atomic mass is 10.2. The maximum absolute atomic E-state index is 13.6. The molecule has 1 aromatic carbocycles. The molecule has 88 valence electrons. The Kier molecular flexibility index (Phi) is 3.01. The molecule has 5 heteroatoms. The van der Waals surface area contributed by atoms with Crippen molar-refractivity contribution in [1.82, 2.24) is 9.78 Å². The van der Waals surface area contributed by atoms with Gasteiger partial charge in [-0.05, 0) is 19.1 Å². The van der Waals surface area contributed by atoms with E-state index in [9.17, 15) is 9.18 Å². The highest BCUT2D eigenvalue weighted by atomic mass is 19.1. The molecule has 1 aromatic heterocycles. The molecule has 0 aliphatic carbocycles. The maximum atomic E-state index is 13.6. The third-order valence-electron chi connectivity index (χ3n) is 2.41. The molecule has 0 radical (unpaired) electrons. The molecule has 0 aliphatic heterocycles. The minimum Gasteiger partial charge on any atom is -0.390 e. The van der Waals surface area contributed by atoms with Crippen molar-refractivity contribution in [2.75, 3.05) is 0 Å². The molecule has 0 bridgehead atoms. The Balaban J connectivity index is 2.68. The molecule has 1 heterocycles. The average Bonchev–Trinajstić information content (AvgIpc) is 2.31. The van der Waals surface area contributed by atoms with Crippen LogP contribution in [-0.4, -0.2) is 14.9 Å². The predicted molar refractivity (Wildman–Crippen MR) is 60.5 cm³/mol. The largest absolute Gasteiger partial charge is 0.390 e. The van der Waals surface area contributed by atoms with Gasteiger partial charge in [-0.1, -0.05) is 12.1 Å². The third-order valence-corrected chi connectivity index (χ3v) is 2.41. The Bertz CT molecular complexity index is 608. The zero-order valence-corrected chi connectivity index (χ0v) is 9.22. The number of halogens is 1. The molecular weight excluding hydrogens is 223 g/mol. The molecule has 0 amide bonds. The van der Waals surface area contributed by atoms with Crippen molar-refractivity contribution in [1.29, 1.82) is 0 Å². The second-order valence-corrected chi connectivity index (χ2v) is 3.62. The Morgan fingerprint density at radius 2 is 2.12 bits per heavy atom. The number of hydrogen-bond donors (Lipinski definition) is 1. The summed E-state index contributed by atoms with van der Waals surface area (Å²) in [7, 11) is 0. The molecule has 2 rings (SSSR count). The van der Waals surface area contributed by atoms with E-state index in [0.717, 1.165) is 0 Å². The minimum absolute atomic E-state index is 0.00106. The van der Waals surface area contributed by atoms with Crippen LogP contribution in [0.2, 0.25) is 0 Å². The van der Waals surface area contributed by atoms with Crippen LogP contribution in [0.1, 0.15) is 11.4 Å². The van der Waals surface area contributed by atoms with Crippen LogP contribution in [0.4, 0.5) is 4.39 Å². The Hall–Kier alpha value is -2.01. The molecular formula is C12H11FN2O2. The number of nitrogens with zero attached hydrogens (tertiary/aromatic N) is 2. The summed E-state index contributed by atoms with van der Waals surface area (Å²) in [5, 5.41) is 12.9. The molecule has 0 saturated carbocycles. The number of hydrogen-bond acceptors (Lipinski definition) is 3. The van der Waals surface area contributed by atoms with Crippen LogP contribution in [0, 0.1) is 12.7 Å². The van der Waals surface area contributed by atoms with Gasteiger partial charge in [0.15, 0.2) is 0 Å². The number of aliphatic hydroxyl groups is 1. The number of benzene rings is 1. The summed E-state index contributed by atoms with van der Waals surface area (Å²) >= 11 is 0. The topological polar surface area (TPSA) is 55.1 Å². The van der Waals surface area contributed by atoms with Gasteiger partial charge in [0.05, 0.1) is 6.61 Å². The SMILES string of the molecule is Cc1cc(=O)c(CO)nn1-c1ccccc1F. The molecule has 2 aromatic rings. The van der Waals surface area contributed by atoms with E-state index in [2.05, 4.69) is 5.10 Å². The van der Waals surface area contributed by atoms with Gasteiger partial charge in [-0.25, -0.2) is 9.07 Å². The van der Waals surface area contributed by atoms with E-state index in [1.165, 1.54) is 16.8 Å². The molecule has 0 saturated heterocycles. The van der Waals surface area contributed by atoms with Crippen molar-refractivity contribution < 1.29 is 9.50 Å². The summed E-state index contributed by atoms with van der Waals surface area (Å²) in [6.07, 6.45) is 0. The number of aromatic nitrogens is 2. The fourth-order valence-corrected chi connectivity index (χ4v) is 1.56. The lowest BCUT2D eigenvalue weighted by Crippen LogP contribution is -2.19. The van der Waals surface area contributed by atoms with Gasteiger partial charge in [-0.15, -0.1) is 0 Å². The minimum atomic E-state index is -0.465. The predicted octanol–water partition coefficient (Wildman–Crippen LogP) is 1.17. The number of aliphatic hydroxyl groups excluding tert-OH is 1. The van der Waals surface area contributed by atoms with E-state index >= 15 is 0 Å². The first-order valence-corrected chi connectivity index (χ1v) is 5.09. The number of aryl methyl sites for hydroxylation is 1. The summed E-state index contributed by atoms with van der Waals surface area (Å²) in [5.41, 5.74) is 0.411. The molecule has 0 spiro atoms. The van der Waals surface area contributed by atoms with Crippen LogP contribution >= 0.6 is 0 Å². The van der Waals surface area contributed by atoms with Gasteiger partial charge in [-0.3, -0.25) is 4.79 Å². The fourth-order valence-electron chi connectivity index (χ4n) is 1.56. The monoisotopic (exact) mass is 234 g/mol. The molecule has 0 atom stereocenters. The standard InChI is InChI=1S/C12H11FN2O2/c1-8-6-12(17)10(7-16)14-15(8)11-5-3-2-4-9(11)13/h2-6,16H,7H2,1H3. The fraction of sp³-hybridized carbons (Fsp3) is 0.167. The van der Waals surface area contributed by atoms with E-state index in [-0.39, 0.29) is 16.8 Å². The lowest BCUT2D eigenvalue weighted by molar-refractivity contribution is 0.272. The first kappa shape index (κ1) is 11.5. The highest BCUT2D eigenvalue weighted by molar-refractivity contribution is 5.34. The number of rotatable bonds is 2. The van der Waals surface area contributed by atoms with Crippen molar-refractivity contribution in [3.63, 3.8) is 0 Å². The summed E-state index contributed by atoms with van der Waals surface area (Å²) in [6, 6.07) is 7.44. The van der Waals surface area contributed by atoms with Gasteiger partial charge in [0.25, 0.3) is 0 Å². The summed E-state index contributed by atoms with van der Waals surface area (Å²) in [5.74, 6) is -0.435. The Morgan fingerprint density at radius 3 is 2.76 bits per heavy atom. The van der Waals surface area contributed by atoms with Gasteiger partial charge in [-0.2, -0.15) is 5.10 Å². The van der Waals surface area contributed by atoms with Crippen LogP contribution in [0.15, 0.2) is 35.1 Å². The highest BCUT2D eigenvalue weighted by Gasteiger charge is 2.09. The van der Waals surface area contributed by atoms with Crippen molar-refractivity contribution >= 4 is 0 Å². The Morgan fingerprint density at radius 1 is 1.41 bits per heavy atom. The van der Waals surface area contributed by atoms with Gasteiger partial charge < -0.3 is 5.11 Å². The molecule has 0 fully saturated rings. The Labute approximate surface area is 97.0 Å². The van der Waals surface area contributed by atoms with Crippen molar-refractivity contribution in [3.8, 4) is 5.69 Å². The van der Waals surface area contributed by atoms with E-state index in [1.807, 2.05) is 0 Å².